The zero-order chi connectivity index (χ0) is 22.1. The summed E-state index contributed by atoms with van der Waals surface area (Å²) in [6.07, 6.45) is -0.128. The summed E-state index contributed by atoms with van der Waals surface area (Å²) in [6.45, 7) is 6.57. The van der Waals surface area contributed by atoms with Gasteiger partial charge in [0.25, 0.3) is 5.56 Å². The van der Waals surface area contributed by atoms with Crippen LogP contribution in [0.5, 0.6) is 0 Å². The highest BCUT2D eigenvalue weighted by Gasteiger charge is 2.34. The molecule has 0 amide bonds. The highest BCUT2D eigenvalue weighted by Crippen LogP contribution is 2.32. The zero-order valence-electron chi connectivity index (χ0n) is 17.7. The average molecular weight is 431 g/mol. The Morgan fingerprint density at radius 1 is 1.20 bits per heavy atom. The number of fused-ring (bicyclic) bond motifs is 1. The second kappa shape index (κ2) is 8.58. The second-order valence-electron chi connectivity index (χ2n) is 8.39. The number of aromatic nitrogens is 2. The highest BCUT2D eigenvalue weighted by atomic mass is 35.5. The first kappa shape index (κ1) is 22.0. The first-order valence-electron chi connectivity index (χ1n) is 9.87. The third-order valence-corrected chi connectivity index (χ3v) is 5.02. The number of halogens is 1. The van der Waals surface area contributed by atoms with Crippen molar-refractivity contribution < 1.29 is 5.11 Å². The molecule has 0 saturated carbocycles. The number of anilines is 2. The quantitative estimate of drug-likeness (QED) is 0.712. The summed E-state index contributed by atoms with van der Waals surface area (Å²) in [6, 6.07) is 7.44. The Morgan fingerprint density at radius 3 is 2.47 bits per heavy atom. The topological polar surface area (TPSA) is 79.5 Å². The fourth-order valence-corrected chi connectivity index (χ4v) is 3.46. The number of nitrogens with zero attached hydrogens (tertiary/aromatic N) is 3. The lowest BCUT2D eigenvalue weighted by Gasteiger charge is -2.25. The summed E-state index contributed by atoms with van der Waals surface area (Å²) in [4.78, 5) is 27.8. The summed E-state index contributed by atoms with van der Waals surface area (Å²) in [5.74, 6) is 6.95. The van der Waals surface area contributed by atoms with E-state index < -0.39 is 17.4 Å². The van der Waals surface area contributed by atoms with Gasteiger partial charge in [0, 0.05) is 37.2 Å². The fourth-order valence-electron chi connectivity index (χ4n) is 3.33. The number of rotatable bonds is 5. The lowest BCUT2D eigenvalue weighted by Crippen LogP contribution is -2.41. The van der Waals surface area contributed by atoms with Crippen molar-refractivity contribution in [2.75, 3.05) is 16.8 Å². The Labute approximate surface area is 180 Å². The van der Waals surface area contributed by atoms with Crippen LogP contribution in [0.4, 0.5) is 11.5 Å². The number of aliphatic hydroxyl groups excluding tert-OH is 1. The molecule has 0 aliphatic carbocycles. The van der Waals surface area contributed by atoms with E-state index >= 15 is 0 Å². The molecule has 0 bridgehead atoms. The van der Waals surface area contributed by atoms with Gasteiger partial charge in [-0.2, -0.15) is 0 Å². The van der Waals surface area contributed by atoms with Gasteiger partial charge in [0.1, 0.15) is 11.5 Å². The summed E-state index contributed by atoms with van der Waals surface area (Å²) in [7, 11) is 1.65. The van der Waals surface area contributed by atoms with Gasteiger partial charge in [-0.3, -0.25) is 13.9 Å². The van der Waals surface area contributed by atoms with E-state index in [1.807, 2.05) is 49.9 Å². The minimum atomic E-state index is -0.457. The van der Waals surface area contributed by atoms with Gasteiger partial charge in [0.15, 0.2) is 6.17 Å². The van der Waals surface area contributed by atoms with E-state index in [0.717, 1.165) is 10.1 Å². The molecule has 2 aromatic rings. The second-order valence-corrected chi connectivity index (χ2v) is 8.83. The highest BCUT2D eigenvalue weighted by molar-refractivity contribution is 6.30. The van der Waals surface area contributed by atoms with Crippen molar-refractivity contribution in [3.63, 3.8) is 0 Å². The minimum Gasteiger partial charge on any atom is -0.396 e. The van der Waals surface area contributed by atoms with Crippen molar-refractivity contribution in [1.82, 2.24) is 9.13 Å². The molecule has 8 heteroatoms. The Balaban J connectivity index is 2.11. The van der Waals surface area contributed by atoms with Crippen LogP contribution in [0.2, 0.25) is 5.02 Å². The third-order valence-electron chi connectivity index (χ3n) is 4.77. The molecular weight excluding hydrogens is 404 g/mol. The summed E-state index contributed by atoms with van der Waals surface area (Å²) in [5.41, 5.74) is 0.295. The van der Waals surface area contributed by atoms with Crippen LogP contribution in [0, 0.1) is 17.3 Å². The Bertz CT molecular complexity index is 1100. The van der Waals surface area contributed by atoms with Crippen molar-refractivity contribution >= 4 is 23.1 Å². The maximum Gasteiger partial charge on any atom is 0.332 e. The van der Waals surface area contributed by atoms with Crippen LogP contribution < -0.4 is 21.5 Å². The first-order chi connectivity index (χ1) is 14.1. The van der Waals surface area contributed by atoms with Crippen molar-refractivity contribution in [2.24, 2.45) is 12.5 Å². The van der Waals surface area contributed by atoms with Crippen LogP contribution in [0.15, 0.2) is 33.9 Å². The van der Waals surface area contributed by atoms with Gasteiger partial charge in [-0.25, -0.2) is 4.79 Å². The molecule has 2 heterocycles. The van der Waals surface area contributed by atoms with E-state index in [1.54, 1.807) is 7.05 Å². The molecule has 7 nitrogen and oxygen atoms in total. The van der Waals surface area contributed by atoms with E-state index in [1.165, 1.54) is 4.57 Å². The molecule has 1 atom stereocenters. The van der Waals surface area contributed by atoms with E-state index in [2.05, 4.69) is 17.2 Å². The lowest BCUT2D eigenvalue weighted by molar-refractivity contribution is 0.277. The Hall–Kier alpha value is -2.69. The molecule has 0 saturated heterocycles. The molecule has 0 fully saturated rings. The molecule has 160 valence electrons. The number of aliphatic hydroxyl groups is 1. The predicted octanol–water partition coefficient (Wildman–Crippen LogP) is 2.39. The van der Waals surface area contributed by atoms with Crippen LogP contribution in [0.25, 0.3) is 0 Å². The van der Waals surface area contributed by atoms with Crippen LogP contribution in [-0.2, 0) is 20.1 Å². The molecule has 1 aliphatic heterocycles. The van der Waals surface area contributed by atoms with Gasteiger partial charge < -0.3 is 15.3 Å². The van der Waals surface area contributed by atoms with E-state index in [9.17, 15) is 9.59 Å². The van der Waals surface area contributed by atoms with Gasteiger partial charge in [-0.05, 0) is 44.9 Å². The van der Waals surface area contributed by atoms with E-state index in [-0.39, 0.29) is 18.6 Å². The summed E-state index contributed by atoms with van der Waals surface area (Å²) >= 11 is 6.01. The van der Waals surface area contributed by atoms with Gasteiger partial charge in [-0.15, -0.1) is 0 Å². The minimum absolute atomic E-state index is 0.0948. The number of nitrogens with one attached hydrogen (secondary N) is 1. The molecule has 1 unspecified atom stereocenters. The van der Waals surface area contributed by atoms with Crippen molar-refractivity contribution in [1.29, 1.82) is 0 Å². The van der Waals surface area contributed by atoms with Crippen LogP contribution in [0.3, 0.4) is 0 Å². The predicted molar refractivity (Wildman–Crippen MR) is 120 cm³/mol. The number of hydrogen-bond acceptors (Lipinski definition) is 5. The van der Waals surface area contributed by atoms with E-state index in [4.69, 9.17) is 16.7 Å². The molecule has 3 rings (SSSR count). The maximum atomic E-state index is 13.0. The van der Waals surface area contributed by atoms with Crippen molar-refractivity contribution in [3.8, 4) is 11.8 Å². The Kier molecular flexibility index (Phi) is 6.30. The van der Waals surface area contributed by atoms with Crippen LogP contribution >= 0.6 is 11.6 Å². The SMILES string of the molecule is Cn1c2c(c(=O)n(CCCO)c1=O)NC(C#CC(C)(C)C)N2Cc1ccc(Cl)cc1. The molecular formula is C22H27ClN4O3. The lowest BCUT2D eigenvalue weighted by atomic mass is 9.98. The molecule has 2 N–H and O–H groups in total. The summed E-state index contributed by atoms with van der Waals surface area (Å²) in [5, 5.41) is 13.0. The standard InChI is InChI=1S/C22H27ClN4O3/c1-22(2,3)11-10-17-24-18-19(27(17)14-15-6-8-16(23)9-7-15)25(4)21(30)26(20(18)29)12-5-13-28/h6-9,17,24,28H,5,12-14H2,1-4H3. The summed E-state index contributed by atoms with van der Waals surface area (Å²) < 4.78 is 2.62. The van der Waals surface area contributed by atoms with E-state index in [0.29, 0.717) is 29.5 Å². The molecule has 30 heavy (non-hydrogen) atoms. The molecule has 1 aromatic heterocycles. The third kappa shape index (κ3) is 4.55. The van der Waals surface area contributed by atoms with Gasteiger partial charge in [0.05, 0.1) is 0 Å². The van der Waals surface area contributed by atoms with Crippen LogP contribution in [-0.4, -0.2) is 27.0 Å². The largest absolute Gasteiger partial charge is 0.396 e. The zero-order valence-corrected chi connectivity index (χ0v) is 18.5. The van der Waals surface area contributed by atoms with Gasteiger partial charge in [0.2, 0.25) is 0 Å². The number of benzene rings is 1. The smallest absolute Gasteiger partial charge is 0.332 e. The molecule has 0 radical (unpaired) electrons. The monoisotopic (exact) mass is 430 g/mol. The normalized spacial score (nSPS) is 15.4. The molecule has 0 spiro atoms. The average Bonchev–Trinajstić information content (AvgIpc) is 3.04. The van der Waals surface area contributed by atoms with Crippen molar-refractivity contribution in [2.45, 2.75) is 46.4 Å². The van der Waals surface area contributed by atoms with Gasteiger partial charge >= 0.3 is 5.69 Å². The first-order valence-corrected chi connectivity index (χ1v) is 10.2. The van der Waals surface area contributed by atoms with Crippen LogP contribution in [0.1, 0.15) is 32.8 Å². The fraction of sp³-hybridized carbons (Fsp3) is 0.455. The van der Waals surface area contributed by atoms with Gasteiger partial charge in [-0.1, -0.05) is 35.6 Å². The molecule has 1 aliphatic rings. The molecule has 1 aromatic carbocycles. The maximum absolute atomic E-state index is 13.0. The number of hydrogen-bond donors (Lipinski definition) is 2. The Morgan fingerprint density at radius 2 is 1.87 bits per heavy atom. The van der Waals surface area contributed by atoms with Crippen molar-refractivity contribution in [3.05, 3.63) is 55.7 Å².